The van der Waals surface area contributed by atoms with Crippen molar-refractivity contribution in [3.8, 4) is 6.07 Å². The Labute approximate surface area is 89.2 Å². The molecule has 0 aliphatic rings. The van der Waals surface area contributed by atoms with Gasteiger partial charge >= 0.3 is 0 Å². The van der Waals surface area contributed by atoms with E-state index in [1.807, 2.05) is 13.8 Å². The number of nitriles is 1. The first kappa shape index (κ1) is 11.4. The Morgan fingerprint density at radius 2 is 2.40 bits per heavy atom. The first-order valence-electron chi connectivity index (χ1n) is 4.94. The summed E-state index contributed by atoms with van der Waals surface area (Å²) in [6.45, 7) is 4.86. The van der Waals surface area contributed by atoms with Crippen molar-refractivity contribution in [1.29, 1.82) is 5.26 Å². The van der Waals surface area contributed by atoms with Crippen molar-refractivity contribution < 1.29 is 4.39 Å². The zero-order valence-corrected chi connectivity index (χ0v) is 8.94. The van der Waals surface area contributed by atoms with Crippen molar-refractivity contribution in [2.75, 3.05) is 18.0 Å². The van der Waals surface area contributed by atoms with Gasteiger partial charge in [0.1, 0.15) is 0 Å². The second-order valence-electron chi connectivity index (χ2n) is 3.38. The van der Waals surface area contributed by atoms with E-state index >= 15 is 0 Å². The van der Waals surface area contributed by atoms with Crippen LogP contribution in [0.2, 0.25) is 0 Å². The van der Waals surface area contributed by atoms with E-state index in [0.717, 1.165) is 0 Å². The van der Waals surface area contributed by atoms with Crippen LogP contribution >= 0.6 is 0 Å². The fourth-order valence-corrected chi connectivity index (χ4v) is 1.35. The third-order valence-corrected chi connectivity index (χ3v) is 2.13. The zero-order valence-electron chi connectivity index (χ0n) is 8.94. The van der Waals surface area contributed by atoms with E-state index in [2.05, 4.69) is 11.1 Å². The van der Waals surface area contributed by atoms with E-state index in [-0.39, 0.29) is 11.7 Å². The Hall–Kier alpha value is -1.63. The van der Waals surface area contributed by atoms with E-state index in [9.17, 15) is 4.39 Å². The average molecular weight is 207 g/mol. The van der Waals surface area contributed by atoms with Gasteiger partial charge in [-0.25, -0.2) is 9.37 Å². The molecule has 15 heavy (non-hydrogen) atoms. The molecule has 1 rings (SSSR count). The summed E-state index contributed by atoms with van der Waals surface area (Å²) in [6.07, 6.45) is 1.55. The molecule has 0 aromatic carbocycles. The second kappa shape index (κ2) is 5.30. The molecule has 0 saturated heterocycles. The molecule has 1 unspecified atom stereocenters. The summed E-state index contributed by atoms with van der Waals surface area (Å²) in [7, 11) is 0. The number of nitrogens with zero attached hydrogens (tertiary/aromatic N) is 3. The first-order valence-corrected chi connectivity index (χ1v) is 4.94. The Bertz CT molecular complexity index is 359. The van der Waals surface area contributed by atoms with Gasteiger partial charge in [-0.2, -0.15) is 5.26 Å². The normalized spacial score (nSPS) is 11.9. The quantitative estimate of drug-likeness (QED) is 0.760. The number of rotatable bonds is 4. The predicted octanol–water partition coefficient (Wildman–Crippen LogP) is 2.21. The summed E-state index contributed by atoms with van der Waals surface area (Å²) in [5, 5.41) is 8.70. The highest BCUT2D eigenvalue weighted by atomic mass is 19.1. The van der Waals surface area contributed by atoms with Crippen molar-refractivity contribution in [2.24, 2.45) is 5.92 Å². The highest BCUT2D eigenvalue weighted by Crippen LogP contribution is 2.15. The topological polar surface area (TPSA) is 39.9 Å². The first-order chi connectivity index (χ1) is 7.19. The highest BCUT2D eigenvalue weighted by molar-refractivity contribution is 5.39. The maximum Gasteiger partial charge on any atom is 0.165 e. The largest absolute Gasteiger partial charge is 0.353 e. The molecule has 0 N–H and O–H groups in total. The molecule has 3 nitrogen and oxygen atoms in total. The number of pyridine rings is 1. The molecule has 0 saturated carbocycles. The minimum absolute atomic E-state index is 0.133. The van der Waals surface area contributed by atoms with Crippen molar-refractivity contribution in [1.82, 2.24) is 4.98 Å². The fourth-order valence-electron chi connectivity index (χ4n) is 1.35. The van der Waals surface area contributed by atoms with Gasteiger partial charge in [-0.1, -0.05) is 0 Å². The van der Waals surface area contributed by atoms with E-state index in [1.54, 1.807) is 17.2 Å². The van der Waals surface area contributed by atoms with Gasteiger partial charge < -0.3 is 4.90 Å². The molecule has 1 aromatic rings. The summed E-state index contributed by atoms with van der Waals surface area (Å²) < 4.78 is 13.4. The highest BCUT2D eigenvalue weighted by Gasteiger charge is 2.13. The van der Waals surface area contributed by atoms with Crippen LogP contribution in [0.3, 0.4) is 0 Å². The van der Waals surface area contributed by atoms with Crippen LogP contribution in [0, 0.1) is 23.1 Å². The molecule has 80 valence electrons. The molecular weight excluding hydrogens is 193 g/mol. The number of hydrogen-bond acceptors (Lipinski definition) is 3. The maximum absolute atomic E-state index is 13.4. The van der Waals surface area contributed by atoms with E-state index in [1.165, 1.54) is 6.07 Å². The third kappa shape index (κ3) is 2.91. The Morgan fingerprint density at radius 3 is 2.93 bits per heavy atom. The Kier molecular flexibility index (Phi) is 4.04. The zero-order chi connectivity index (χ0) is 11.3. The second-order valence-corrected chi connectivity index (χ2v) is 3.38. The Balaban J connectivity index is 2.84. The lowest BCUT2D eigenvalue weighted by molar-refractivity contribution is 0.598. The molecular formula is C11H14FN3. The maximum atomic E-state index is 13.4. The molecule has 1 heterocycles. The van der Waals surface area contributed by atoms with Crippen LogP contribution < -0.4 is 4.90 Å². The molecule has 1 aromatic heterocycles. The van der Waals surface area contributed by atoms with Gasteiger partial charge in [0.15, 0.2) is 11.6 Å². The minimum atomic E-state index is -0.343. The van der Waals surface area contributed by atoms with Gasteiger partial charge in [0.05, 0.1) is 12.0 Å². The van der Waals surface area contributed by atoms with Gasteiger partial charge in [-0.15, -0.1) is 0 Å². The number of halogens is 1. The molecule has 4 heteroatoms. The van der Waals surface area contributed by atoms with E-state index in [0.29, 0.717) is 18.9 Å². The molecule has 1 atom stereocenters. The van der Waals surface area contributed by atoms with Gasteiger partial charge in [0.2, 0.25) is 0 Å². The van der Waals surface area contributed by atoms with Crippen molar-refractivity contribution in [2.45, 2.75) is 13.8 Å². The molecule has 0 aliphatic carbocycles. The van der Waals surface area contributed by atoms with Gasteiger partial charge in [0, 0.05) is 19.3 Å². The van der Waals surface area contributed by atoms with Crippen LogP contribution in [0.5, 0.6) is 0 Å². The SMILES string of the molecule is CCN(CC(C)C#N)c1ncccc1F. The van der Waals surface area contributed by atoms with Crippen LogP contribution in [-0.2, 0) is 0 Å². The number of anilines is 1. The molecule has 0 bridgehead atoms. The fraction of sp³-hybridized carbons (Fsp3) is 0.455. The lowest BCUT2D eigenvalue weighted by Crippen LogP contribution is -2.29. The monoisotopic (exact) mass is 207 g/mol. The van der Waals surface area contributed by atoms with Gasteiger partial charge in [-0.3, -0.25) is 0 Å². The lowest BCUT2D eigenvalue weighted by atomic mass is 10.2. The summed E-state index contributed by atoms with van der Waals surface area (Å²) in [5.41, 5.74) is 0. The van der Waals surface area contributed by atoms with Crippen LogP contribution in [0.25, 0.3) is 0 Å². The number of hydrogen-bond donors (Lipinski definition) is 0. The van der Waals surface area contributed by atoms with Crippen LogP contribution in [0.1, 0.15) is 13.8 Å². The van der Waals surface area contributed by atoms with Crippen LogP contribution in [0.4, 0.5) is 10.2 Å². The molecule has 0 radical (unpaired) electrons. The molecule has 0 fully saturated rings. The molecule has 0 aliphatic heterocycles. The summed E-state index contributed by atoms with van der Waals surface area (Å²) in [6, 6.07) is 5.06. The standard InChI is InChI=1S/C11H14FN3/c1-3-15(8-9(2)7-13)11-10(12)5-4-6-14-11/h4-6,9H,3,8H2,1-2H3. The number of aromatic nitrogens is 1. The summed E-state index contributed by atoms with van der Waals surface area (Å²) >= 11 is 0. The molecule has 0 spiro atoms. The van der Waals surface area contributed by atoms with E-state index in [4.69, 9.17) is 5.26 Å². The van der Waals surface area contributed by atoms with Crippen molar-refractivity contribution >= 4 is 5.82 Å². The van der Waals surface area contributed by atoms with Crippen molar-refractivity contribution in [3.05, 3.63) is 24.1 Å². The average Bonchev–Trinajstić information content (AvgIpc) is 2.26. The van der Waals surface area contributed by atoms with Gasteiger partial charge in [0.25, 0.3) is 0 Å². The summed E-state index contributed by atoms with van der Waals surface area (Å²) in [4.78, 5) is 5.75. The third-order valence-electron chi connectivity index (χ3n) is 2.13. The lowest BCUT2D eigenvalue weighted by Gasteiger charge is -2.23. The molecule has 0 amide bonds. The van der Waals surface area contributed by atoms with Crippen molar-refractivity contribution in [3.63, 3.8) is 0 Å². The predicted molar refractivity (Wildman–Crippen MR) is 56.9 cm³/mol. The summed E-state index contributed by atoms with van der Waals surface area (Å²) in [5.74, 6) is -0.155. The minimum Gasteiger partial charge on any atom is -0.353 e. The van der Waals surface area contributed by atoms with Crippen LogP contribution in [-0.4, -0.2) is 18.1 Å². The van der Waals surface area contributed by atoms with E-state index < -0.39 is 0 Å². The van der Waals surface area contributed by atoms with Gasteiger partial charge in [-0.05, 0) is 26.0 Å². The smallest absolute Gasteiger partial charge is 0.165 e. The Morgan fingerprint density at radius 1 is 1.67 bits per heavy atom. The van der Waals surface area contributed by atoms with Crippen LogP contribution in [0.15, 0.2) is 18.3 Å².